The van der Waals surface area contributed by atoms with Gasteiger partial charge in [-0.2, -0.15) is 0 Å². The van der Waals surface area contributed by atoms with Crippen molar-refractivity contribution in [3.63, 3.8) is 0 Å². The van der Waals surface area contributed by atoms with E-state index < -0.39 is 0 Å². The van der Waals surface area contributed by atoms with Crippen molar-refractivity contribution in [2.24, 2.45) is 0 Å². The first kappa shape index (κ1) is 16.6. The molecule has 2 heterocycles. The molecule has 7 rings (SSSR count). The molecule has 144 valence electrons. The number of aromatic nitrogens is 1. The predicted molar refractivity (Wildman–Crippen MR) is 129 cm³/mol. The van der Waals surface area contributed by atoms with Gasteiger partial charge in [-0.3, -0.25) is 4.98 Å². The zero-order valence-corrected chi connectivity index (χ0v) is 16.7. The lowest BCUT2D eigenvalue weighted by Gasteiger charge is -2.13. The van der Waals surface area contributed by atoms with Crippen LogP contribution in [0.3, 0.4) is 0 Å². The molecule has 0 aliphatic rings. The van der Waals surface area contributed by atoms with E-state index in [-0.39, 0.29) is 0 Å². The van der Waals surface area contributed by atoms with Crippen molar-refractivity contribution < 1.29 is 4.42 Å². The highest BCUT2D eigenvalue weighted by atomic mass is 16.3. The van der Waals surface area contributed by atoms with Gasteiger partial charge in [0.15, 0.2) is 0 Å². The summed E-state index contributed by atoms with van der Waals surface area (Å²) in [6.45, 7) is 0. The summed E-state index contributed by atoms with van der Waals surface area (Å²) < 4.78 is 6.19. The molecule has 0 bridgehead atoms. The Morgan fingerprint density at radius 1 is 0.548 bits per heavy atom. The van der Waals surface area contributed by atoms with E-state index in [0.717, 1.165) is 27.5 Å². The molecule has 0 unspecified atom stereocenters. The van der Waals surface area contributed by atoms with Crippen LogP contribution in [-0.2, 0) is 0 Å². The monoisotopic (exact) mass is 395 g/mol. The first-order valence-corrected chi connectivity index (χ1v) is 10.5. The Labute approximate surface area is 178 Å². The number of fused-ring (bicyclic) bond motifs is 8. The summed E-state index contributed by atoms with van der Waals surface area (Å²) in [5.74, 6) is 0. The maximum Gasteiger partial charge on any atom is 0.136 e. The predicted octanol–water partition coefficient (Wildman–Crippen LogP) is 8.11. The Kier molecular flexibility index (Phi) is 3.30. The van der Waals surface area contributed by atoms with Crippen molar-refractivity contribution in [3.8, 4) is 11.1 Å². The van der Waals surface area contributed by atoms with Gasteiger partial charge in [0.25, 0.3) is 0 Å². The zero-order valence-electron chi connectivity index (χ0n) is 16.7. The molecule has 2 heteroatoms. The highest BCUT2D eigenvalue weighted by molar-refractivity contribution is 6.25. The number of furan rings is 1. The first-order chi connectivity index (χ1) is 15.4. The quantitative estimate of drug-likeness (QED) is 0.262. The molecule has 0 spiro atoms. The molecule has 0 aliphatic heterocycles. The summed E-state index contributed by atoms with van der Waals surface area (Å²) in [7, 11) is 0. The lowest BCUT2D eigenvalue weighted by molar-refractivity contribution is 0.669. The average molecular weight is 395 g/mol. The van der Waals surface area contributed by atoms with Crippen molar-refractivity contribution >= 4 is 54.4 Å². The van der Waals surface area contributed by atoms with E-state index >= 15 is 0 Å². The Morgan fingerprint density at radius 3 is 2.23 bits per heavy atom. The van der Waals surface area contributed by atoms with Gasteiger partial charge < -0.3 is 4.42 Å². The van der Waals surface area contributed by atoms with Crippen LogP contribution in [0.2, 0.25) is 0 Å². The van der Waals surface area contributed by atoms with Gasteiger partial charge in [-0.05, 0) is 52.2 Å². The Balaban J connectivity index is 1.74. The van der Waals surface area contributed by atoms with Crippen LogP contribution in [0.5, 0.6) is 0 Å². The summed E-state index contributed by atoms with van der Waals surface area (Å²) in [6.07, 6.45) is 2.02. The number of hydrogen-bond acceptors (Lipinski definition) is 2. The van der Waals surface area contributed by atoms with Crippen molar-refractivity contribution in [2.75, 3.05) is 0 Å². The second-order valence-corrected chi connectivity index (χ2v) is 8.02. The Morgan fingerprint density at radius 2 is 1.32 bits per heavy atom. The normalized spacial score (nSPS) is 11.9. The largest absolute Gasteiger partial charge is 0.456 e. The average Bonchev–Trinajstić information content (AvgIpc) is 3.20. The van der Waals surface area contributed by atoms with Crippen molar-refractivity contribution in [3.05, 3.63) is 103 Å². The first-order valence-electron chi connectivity index (χ1n) is 10.5. The lowest BCUT2D eigenvalue weighted by Crippen LogP contribution is -1.88. The fourth-order valence-electron chi connectivity index (χ4n) is 4.85. The zero-order chi connectivity index (χ0) is 20.4. The van der Waals surface area contributed by atoms with E-state index in [4.69, 9.17) is 9.40 Å². The maximum absolute atomic E-state index is 6.19. The number of rotatable bonds is 1. The SMILES string of the molecule is c1ccc(-c2cc3cc4oc5ccccc5c4cc3c3c2cnc2ccccc23)cc1. The van der Waals surface area contributed by atoms with E-state index in [1.807, 2.05) is 24.4 Å². The van der Waals surface area contributed by atoms with Crippen molar-refractivity contribution in [2.45, 2.75) is 0 Å². The summed E-state index contributed by atoms with van der Waals surface area (Å²) in [6, 6.07) is 34.0. The molecule has 0 amide bonds. The molecule has 0 atom stereocenters. The standard InChI is InChI=1S/C29H17NO/c1-2-8-18(9-3-1)22-14-19-15-28-24(20-10-5-7-13-27(20)31-28)16-23(19)29-21-11-4-6-12-26(21)30-17-25(22)29/h1-17H. The number of pyridine rings is 1. The number of hydrogen-bond donors (Lipinski definition) is 0. The van der Waals surface area contributed by atoms with Crippen LogP contribution >= 0.6 is 0 Å². The molecule has 0 saturated carbocycles. The molecular weight excluding hydrogens is 378 g/mol. The minimum atomic E-state index is 0.922. The smallest absolute Gasteiger partial charge is 0.136 e. The number of nitrogens with zero attached hydrogens (tertiary/aromatic N) is 1. The van der Waals surface area contributed by atoms with Gasteiger partial charge in [0.05, 0.1) is 5.52 Å². The molecule has 0 radical (unpaired) electrons. The highest BCUT2D eigenvalue weighted by Crippen LogP contribution is 2.41. The van der Waals surface area contributed by atoms with Crippen LogP contribution < -0.4 is 0 Å². The van der Waals surface area contributed by atoms with Crippen LogP contribution in [0, 0.1) is 0 Å². The summed E-state index contributed by atoms with van der Waals surface area (Å²) >= 11 is 0. The van der Waals surface area contributed by atoms with E-state index in [9.17, 15) is 0 Å². The van der Waals surface area contributed by atoms with Crippen LogP contribution in [-0.4, -0.2) is 4.98 Å². The fraction of sp³-hybridized carbons (Fsp3) is 0. The van der Waals surface area contributed by atoms with Crippen molar-refractivity contribution in [1.82, 2.24) is 4.98 Å². The maximum atomic E-state index is 6.19. The molecule has 2 nitrogen and oxygen atoms in total. The molecule has 0 fully saturated rings. The molecule has 0 N–H and O–H groups in total. The summed E-state index contributed by atoms with van der Waals surface area (Å²) in [4.78, 5) is 4.79. The van der Waals surface area contributed by atoms with Gasteiger partial charge in [0.2, 0.25) is 0 Å². The molecular formula is C29H17NO. The third kappa shape index (κ3) is 2.36. The minimum Gasteiger partial charge on any atom is -0.456 e. The molecule has 7 aromatic rings. The van der Waals surface area contributed by atoms with E-state index in [0.29, 0.717) is 0 Å². The highest BCUT2D eigenvalue weighted by Gasteiger charge is 2.15. The van der Waals surface area contributed by atoms with Gasteiger partial charge in [0, 0.05) is 33.1 Å². The molecule has 0 saturated heterocycles. The second-order valence-electron chi connectivity index (χ2n) is 8.02. The van der Waals surface area contributed by atoms with Crippen LogP contribution in [0.4, 0.5) is 0 Å². The molecule has 5 aromatic carbocycles. The van der Waals surface area contributed by atoms with E-state index in [1.165, 1.54) is 38.1 Å². The van der Waals surface area contributed by atoms with Gasteiger partial charge >= 0.3 is 0 Å². The van der Waals surface area contributed by atoms with Crippen molar-refractivity contribution in [1.29, 1.82) is 0 Å². The van der Waals surface area contributed by atoms with Crippen LogP contribution in [0.15, 0.2) is 108 Å². The van der Waals surface area contributed by atoms with E-state index in [2.05, 4.69) is 78.9 Å². The third-order valence-electron chi connectivity index (χ3n) is 6.27. The summed E-state index contributed by atoms with van der Waals surface area (Å²) in [5, 5.41) is 8.30. The summed E-state index contributed by atoms with van der Waals surface area (Å²) in [5.41, 5.74) is 5.24. The number of benzene rings is 5. The van der Waals surface area contributed by atoms with Gasteiger partial charge in [-0.25, -0.2) is 0 Å². The second kappa shape index (κ2) is 6.16. The number of para-hydroxylation sites is 2. The minimum absolute atomic E-state index is 0.922. The Bertz CT molecular complexity index is 1780. The van der Waals surface area contributed by atoms with Gasteiger partial charge in [-0.1, -0.05) is 66.7 Å². The fourth-order valence-corrected chi connectivity index (χ4v) is 4.85. The van der Waals surface area contributed by atoms with Gasteiger partial charge in [-0.15, -0.1) is 0 Å². The molecule has 2 aromatic heterocycles. The lowest BCUT2D eigenvalue weighted by atomic mass is 9.91. The van der Waals surface area contributed by atoms with E-state index in [1.54, 1.807) is 0 Å². The topological polar surface area (TPSA) is 26.0 Å². The molecule has 0 aliphatic carbocycles. The van der Waals surface area contributed by atoms with Gasteiger partial charge in [0.1, 0.15) is 11.2 Å². The molecule has 31 heavy (non-hydrogen) atoms. The van der Waals surface area contributed by atoms with Crippen LogP contribution in [0.1, 0.15) is 0 Å². The Hall–Kier alpha value is -4.17. The third-order valence-corrected chi connectivity index (χ3v) is 6.27. The van der Waals surface area contributed by atoms with Crippen LogP contribution in [0.25, 0.3) is 65.5 Å².